The Bertz CT molecular complexity index is 2210. The van der Waals surface area contributed by atoms with Crippen LogP contribution in [-0.4, -0.2) is 96.7 Å². The monoisotopic (exact) mass is 1690 g/mol. The maximum atomic E-state index is 13.2. The molecule has 0 amide bonds. The van der Waals surface area contributed by atoms with Gasteiger partial charge in [0, 0.05) is 25.7 Å². The molecule has 0 bridgehead atoms. The summed E-state index contributed by atoms with van der Waals surface area (Å²) in [5, 5.41) is 10.7. The van der Waals surface area contributed by atoms with Gasteiger partial charge >= 0.3 is 39.5 Å². The Morgan fingerprint density at radius 1 is 0.250 bits per heavy atom. The van der Waals surface area contributed by atoms with Gasteiger partial charge in [0.15, 0.2) is 12.2 Å². The minimum absolute atomic E-state index is 0.109. The molecular weight excluding hydrogens is 1500 g/mol. The standard InChI is InChI=1S/C97H190O17P2/c1-7-10-12-14-16-18-20-22-23-24-25-26-27-35-40-45-51-57-63-69-75-81-96(101)113-92(85-107-94(99)79-73-67-61-55-49-21-19-17-15-13-11-8-2)87-111-115(103,104)109-83-91(98)84-110-116(105,106)112-88-93(86-108-95(100)80-74-68-62-56-50-44-39-34-30-28-32-37-42-47-53-59-65-71-77-89(4)5)114-97(102)82-76-70-64-58-52-46-41-36-31-29-33-38-43-48-54-60-66-72-78-90(6)9-3/h89-93,98H,7-88H2,1-6H3,(H,103,104)(H,105,106)/t90?,91-,92+,93+/m0/s1. The van der Waals surface area contributed by atoms with Gasteiger partial charge in [-0.3, -0.25) is 37.3 Å². The highest BCUT2D eigenvalue weighted by molar-refractivity contribution is 7.47. The normalized spacial score (nSPS) is 13.9. The third-order valence-electron chi connectivity index (χ3n) is 23.3. The van der Waals surface area contributed by atoms with Crippen molar-refractivity contribution in [3.8, 4) is 0 Å². The van der Waals surface area contributed by atoms with E-state index in [4.69, 9.17) is 37.0 Å². The lowest BCUT2D eigenvalue weighted by Crippen LogP contribution is -2.30. The molecule has 0 spiro atoms. The van der Waals surface area contributed by atoms with Crippen molar-refractivity contribution >= 4 is 39.5 Å². The van der Waals surface area contributed by atoms with Crippen LogP contribution in [0, 0.1) is 11.8 Å². The zero-order valence-electron chi connectivity index (χ0n) is 76.8. The number of carbonyl (C=O) groups is 4. The number of hydrogen-bond acceptors (Lipinski definition) is 15. The predicted molar refractivity (Wildman–Crippen MR) is 483 cm³/mol. The molecule has 0 aliphatic carbocycles. The van der Waals surface area contributed by atoms with Crippen LogP contribution in [0.15, 0.2) is 0 Å². The van der Waals surface area contributed by atoms with E-state index in [0.717, 1.165) is 102 Å². The van der Waals surface area contributed by atoms with Crippen LogP contribution in [0.5, 0.6) is 0 Å². The smallest absolute Gasteiger partial charge is 0.462 e. The van der Waals surface area contributed by atoms with Crippen molar-refractivity contribution in [3.63, 3.8) is 0 Å². The summed E-state index contributed by atoms with van der Waals surface area (Å²) in [6.07, 6.45) is 84.8. The summed E-state index contributed by atoms with van der Waals surface area (Å²) < 4.78 is 69.3. The van der Waals surface area contributed by atoms with E-state index in [-0.39, 0.29) is 25.7 Å². The second-order valence-electron chi connectivity index (χ2n) is 35.5. The molecule has 6 atom stereocenters. The Morgan fingerprint density at radius 2 is 0.440 bits per heavy atom. The molecule has 0 radical (unpaired) electrons. The fourth-order valence-corrected chi connectivity index (χ4v) is 16.9. The van der Waals surface area contributed by atoms with E-state index in [1.807, 2.05) is 0 Å². The van der Waals surface area contributed by atoms with Crippen LogP contribution in [0.2, 0.25) is 0 Å². The molecule has 17 nitrogen and oxygen atoms in total. The molecule has 690 valence electrons. The number of hydrogen-bond donors (Lipinski definition) is 3. The van der Waals surface area contributed by atoms with Crippen LogP contribution in [-0.2, 0) is 65.4 Å². The number of ether oxygens (including phenoxy) is 4. The number of aliphatic hydroxyl groups is 1. The van der Waals surface area contributed by atoms with Gasteiger partial charge in [0.05, 0.1) is 26.4 Å². The van der Waals surface area contributed by atoms with Crippen molar-refractivity contribution in [2.75, 3.05) is 39.6 Å². The molecule has 0 fully saturated rings. The number of esters is 4. The maximum Gasteiger partial charge on any atom is 0.472 e. The quantitative estimate of drug-likeness (QED) is 0.0222. The number of unbranched alkanes of at least 4 members (excludes halogenated alkanes) is 65. The molecule has 3 N–H and O–H groups in total. The van der Waals surface area contributed by atoms with Crippen LogP contribution in [0.3, 0.4) is 0 Å². The average molecular weight is 1690 g/mol. The molecule has 0 saturated carbocycles. The number of aliphatic hydroxyl groups excluding tert-OH is 1. The first-order chi connectivity index (χ1) is 56.4. The van der Waals surface area contributed by atoms with E-state index < -0.39 is 97.5 Å². The minimum atomic E-state index is -4.97. The fourth-order valence-electron chi connectivity index (χ4n) is 15.3. The minimum Gasteiger partial charge on any atom is -0.462 e. The first kappa shape index (κ1) is 114. The van der Waals surface area contributed by atoms with E-state index in [2.05, 4.69) is 41.5 Å². The number of phosphoric ester groups is 2. The topological polar surface area (TPSA) is 237 Å². The van der Waals surface area contributed by atoms with Gasteiger partial charge in [-0.1, -0.05) is 478 Å². The summed E-state index contributed by atoms with van der Waals surface area (Å²) in [7, 11) is -9.94. The van der Waals surface area contributed by atoms with Gasteiger partial charge in [-0.15, -0.1) is 0 Å². The van der Waals surface area contributed by atoms with Crippen LogP contribution < -0.4 is 0 Å². The van der Waals surface area contributed by atoms with E-state index in [9.17, 15) is 43.2 Å². The van der Waals surface area contributed by atoms with Crippen molar-refractivity contribution in [1.82, 2.24) is 0 Å². The molecule has 116 heavy (non-hydrogen) atoms. The summed E-state index contributed by atoms with van der Waals surface area (Å²) in [6, 6.07) is 0. The molecule has 0 heterocycles. The van der Waals surface area contributed by atoms with Gasteiger partial charge in [-0.05, 0) is 37.5 Å². The van der Waals surface area contributed by atoms with Crippen molar-refractivity contribution in [3.05, 3.63) is 0 Å². The summed E-state index contributed by atoms with van der Waals surface area (Å²) in [5.41, 5.74) is 0. The molecule has 0 aromatic carbocycles. The largest absolute Gasteiger partial charge is 0.472 e. The van der Waals surface area contributed by atoms with E-state index >= 15 is 0 Å². The third-order valence-corrected chi connectivity index (χ3v) is 25.2. The van der Waals surface area contributed by atoms with Gasteiger partial charge in [-0.25, -0.2) is 9.13 Å². The number of carbonyl (C=O) groups excluding carboxylic acids is 4. The third kappa shape index (κ3) is 88.4. The number of rotatable bonds is 96. The van der Waals surface area contributed by atoms with Crippen molar-refractivity contribution in [2.45, 2.75) is 548 Å². The lowest BCUT2D eigenvalue weighted by Gasteiger charge is -2.21. The highest BCUT2D eigenvalue weighted by Crippen LogP contribution is 2.45. The van der Waals surface area contributed by atoms with Crippen molar-refractivity contribution in [1.29, 1.82) is 0 Å². The highest BCUT2D eigenvalue weighted by Gasteiger charge is 2.31. The Balaban J connectivity index is 5.23. The maximum absolute atomic E-state index is 13.2. The molecular formula is C97H190O17P2. The SMILES string of the molecule is CCCCCCCCCCCCCCCCCCCCCCCC(=O)O[C@H](COC(=O)CCCCCCCCCCCCCC)COP(=O)(O)OC[C@H](O)COP(=O)(O)OC[C@@H](COC(=O)CCCCCCCCCCCCCCCCCCCCC(C)C)OC(=O)CCCCCCCCCCCCCCCCCCCCC(C)CC. The number of phosphoric acid groups is 2. The second-order valence-corrected chi connectivity index (χ2v) is 38.4. The molecule has 19 heteroatoms. The second kappa shape index (κ2) is 87.9. The van der Waals surface area contributed by atoms with Gasteiger partial charge in [-0.2, -0.15) is 0 Å². The molecule has 0 aliphatic heterocycles. The van der Waals surface area contributed by atoms with E-state index in [0.29, 0.717) is 25.7 Å². The summed E-state index contributed by atoms with van der Waals surface area (Å²) in [5.74, 6) is -0.394. The van der Waals surface area contributed by atoms with Gasteiger partial charge in [0.25, 0.3) is 0 Å². The predicted octanol–water partition coefficient (Wildman–Crippen LogP) is 30.5. The first-order valence-electron chi connectivity index (χ1n) is 50.0. The Labute approximate surface area is 715 Å². The molecule has 0 rings (SSSR count). The summed E-state index contributed by atoms with van der Waals surface area (Å²) in [6.45, 7) is 9.84. The van der Waals surface area contributed by atoms with Crippen molar-refractivity contribution in [2.24, 2.45) is 11.8 Å². The van der Waals surface area contributed by atoms with Gasteiger partial charge in [0.1, 0.15) is 19.3 Å². The summed E-state index contributed by atoms with van der Waals surface area (Å²) >= 11 is 0. The molecule has 3 unspecified atom stereocenters. The molecule has 0 saturated heterocycles. The lowest BCUT2D eigenvalue weighted by atomic mass is 9.99. The molecule has 0 aliphatic rings. The van der Waals surface area contributed by atoms with E-state index in [1.165, 1.54) is 347 Å². The van der Waals surface area contributed by atoms with E-state index in [1.54, 1.807) is 0 Å². The highest BCUT2D eigenvalue weighted by atomic mass is 31.2. The Kier molecular flexibility index (Phi) is 86.5. The zero-order chi connectivity index (χ0) is 84.8. The molecule has 0 aromatic rings. The van der Waals surface area contributed by atoms with Crippen LogP contribution >= 0.6 is 15.6 Å². The fraction of sp³-hybridized carbons (Fsp3) is 0.959. The van der Waals surface area contributed by atoms with Crippen molar-refractivity contribution < 1.29 is 80.2 Å². The van der Waals surface area contributed by atoms with Crippen LogP contribution in [0.1, 0.15) is 530 Å². The summed E-state index contributed by atoms with van der Waals surface area (Å²) in [4.78, 5) is 73.6. The zero-order valence-corrected chi connectivity index (χ0v) is 78.6. The van der Waals surface area contributed by atoms with Crippen LogP contribution in [0.4, 0.5) is 0 Å². The molecule has 0 aromatic heterocycles. The first-order valence-corrected chi connectivity index (χ1v) is 53.0. The van der Waals surface area contributed by atoms with Gasteiger partial charge in [0.2, 0.25) is 0 Å². The lowest BCUT2D eigenvalue weighted by molar-refractivity contribution is -0.161. The Morgan fingerprint density at radius 3 is 0.655 bits per heavy atom. The van der Waals surface area contributed by atoms with Crippen LogP contribution in [0.25, 0.3) is 0 Å². The Hall–Kier alpha value is -1.94. The van der Waals surface area contributed by atoms with Gasteiger partial charge < -0.3 is 33.8 Å². The average Bonchev–Trinajstić information content (AvgIpc) is 0.873.